The van der Waals surface area contributed by atoms with Crippen molar-refractivity contribution in [3.63, 3.8) is 0 Å². The maximum absolute atomic E-state index is 8.95. The Balaban J connectivity index is 3.72. The third kappa shape index (κ3) is 19.6. The molecule has 8 heteroatoms. The van der Waals surface area contributed by atoms with Gasteiger partial charge in [0.1, 0.15) is 0 Å². The summed E-state index contributed by atoms with van der Waals surface area (Å²) in [5.41, 5.74) is 0. The zero-order chi connectivity index (χ0) is 19.5. The van der Waals surface area contributed by atoms with Crippen LogP contribution in [0.15, 0.2) is 0 Å². The molecule has 0 aromatic heterocycles. The molecule has 0 rings (SSSR count). The van der Waals surface area contributed by atoms with Gasteiger partial charge in [0, 0.05) is 31.0 Å². The molecule has 3 N–H and O–H groups in total. The molecule has 0 amide bonds. The first-order valence-electron chi connectivity index (χ1n) is 9.61. The lowest BCUT2D eigenvalue weighted by Gasteiger charge is -2.22. The van der Waals surface area contributed by atoms with Gasteiger partial charge < -0.3 is 29.7 Å². The Kier molecular flexibility index (Phi) is 18.6. The monoisotopic (exact) mass is 409 g/mol. The Labute approximate surface area is 168 Å². The molecule has 0 fully saturated rings. The van der Waals surface area contributed by atoms with Crippen LogP contribution in [0.1, 0.15) is 64.2 Å². The number of ether oxygens (including phenoxy) is 2. The molecule has 0 bridgehead atoms. The lowest BCUT2D eigenvalue weighted by Crippen LogP contribution is -2.27. The van der Waals surface area contributed by atoms with Crippen molar-refractivity contribution in [2.45, 2.75) is 64.2 Å². The molecule has 0 unspecified atom stereocenters. The molecule has 0 aliphatic heterocycles. The first-order valence-corrected chi connectivity index (χ1v) is 10.4. The van der Waals surface area contributed by atoms with Crippen LogP contribution >= 0.6 is 24.4 Å². The molecule has 0 heterocycles. The number of hydrogen-bond acceptors (Lipinski definition) is 6. The predicted octanol–water partition coefficient (Wildman–Crippen LogP) is 3.90. The quantitative estimate of drug-likeness (QED) is 0.232. The minimum absolute atomic E-state index is 0.257. The Bertz CT molecular complexity index is 330. The molecule has 0 atom stereocenters. The Morgan fingerprint density at radius 3 is 1.38 bits per heavy atom. The van der Waals surface area contributed by atoms with Crippen LogP contribution in [-0.4, -0.2) is 70.1 Å². The summed E-state index contributed by atoms with van der Waals surface area (Å²) in [6.45, 7) is 4.41. The zero-order valence-electron chi connectivity index (χ0n) is 15.7. The van der Waals surface area contributed by atoms with Crippen LogP contribution < -0.4 is 0 Å². The highest BCUT2D eigenvalue weighted by Crippen LogP contribution is 2.07. The van der Waals surface area contributed by atoms with E-state index in [0.717, 1.165) is 83.8 Å². The summed E-state index contributed by atoms with van der Waals surface area (Å²) < 4.78 is 9.73. The van der Waals surface area contributed by atoms with Gasteiger partial charge in [0.25, 0.3) is 0 Å². The van der Waals surface area contributed by atoms with Crippen molar-refractivity contribution in [1.29, 1.82) is 0 Å². The molecular formula is C18H35NO5S2. The van der Waals surface area contributed by atoms with Gasteiger partial charge in [-0.1, -0.05) is 25.7 Å². The highest BCUT2D eigenvalue weighted by Gasteiger charge is 2.05. The zero-order valence-corrected chi connectivity index (χ0v) is 17.4. The summed E-state index contributed by atoms with van der Waals surface area (Å²) in [6, 6.07) is 0. The molecule has 0 saturated carbocycles. The van der Waals surface area contributed by atoms with E-state index in [9.17, 15) is 0 Å². The fourth-order valence-corrected chi connectivity index (χ4v) is 2.85. The van der Waals surface area contributed by atoms with Gasteiger partial charge in [-0.15, -0.1) is 0 Å². The maximum atomic E-state index is 8.95. The lowest BCUT2D eigenvalue weighted by molar-refractivity contribution is 0.222. The molecule has 0 aliphatic carbocycles. The minimum Gasteiger partial charge on any atom is -0.472 e. The van der Waals surface area contributed by atoms with Gasteiger partial charge in [-0.2, -0.15) is 0 Å². The second-order valence-corrected chi connectivity index (χ2v) is 7.03. The van der Waals surface area contributed by atoms with Gasteiger partial charge in [-0.25, -0.2) is 0 Å². The first-order chi connectivity index (χ1) is 12.6. The smallest absolute Gasteiger partial charge is 0.349 e. The van der Waals surface area contributed by atoms with Gasteiger partial charge in [0.05, 0.1) is 13.2 Å². The van der Waals surface area contributed by atoms with E-state index in [-0.39, 0.29) is 17.1 Å². The van der Waals surface area contributed by atoms with Crippen LogP contribution in [0, 0.1) is 0 Å². The fourth-order valence-electron chi connectivity index (χ4n) is 2.68. The number of rotatable bonds is 18. The van der Waals surface area contributed by atoms with E-state index in [4.69, 9.17) is 24.8 Å². The summed E-state index contributed by atoms with van der Waals surface area (Å²) >= 11 is 8.90. The first kappa shape index (κ1) is 25.3. The molecule has 6 nitrogen and oxygen atoms in total. The number of nitrogens with zero attached hydrogens (tertiary/aromatic N) is 1. The van der Waals surface area contributed by atoms with E-state index in [1.807, 2.05) is 0 Å². The number of hydrogen-bond donors (Lipinski definition) is 3. The van der Waals surface area contributed by atoms with E-state index in [2.05, 4.69) is 29.3 Å². The number of thiocarbonyl (C=S) groups is 2. The van der Waals surface area contributed by atoms with Crippen LogP contribution in [-0.2, 0) is 9.47 Å². The number of aliphatic hydroxyl groups excluding tert-OH is 3. The van der Waals surface area contributed by atoms with Crippen molar-refractivity contribution in [2.75, 3.05) is 39.5 Å². The topological polar surface area (TPSA) is 82.4 Å². The van der Waals surface area contributed by atoms with Crippen molar-refractivity contribution in [2.24, 2.45) is 0 Å². The van der Waals surface area contributed by atoms with Gasteiger partial charge in [0.15, 0.2) is 0 Å². The summed E-state index contributed by atoms with van der Waals surface area (Å²) in [6.07, 6.45) is 10.4. The van der Waals surface area contributed by atoms with Gasteiger partial charge in [-0.05, 0) is 58.2 Å². The lowest BCUT2D eigenvalue weighted by atomic mass is 10.1. The van der Waals surface area contributed by atoms with Crippen LogP contribution in [0.2, 0.25) is 0 Å². The average molecular weight is 410 g/mol. The summed E-state index contributed by atoms with van der Waals surface area (Å²) in [5.74, 6) is 0. The van der Waals surface area contributed by atoms with Crippen molar-refractivity contribution in [3.05, 3.63) is 0 Å². The Hall–Kier alpha value is -0.700. The molecule has 154 valence electrons. The standard InChI is InChI=1S/C18H35NO5S2/c20-14-8-7-13-19(11-5-1-3-9-15-23-17(21)25)12-6-2-4-10-16-24-18(22)26/h20H,1-16H2,(H,21,25)(H,22,26). The molecule has 0 aromatic carbocycles. The maximum Gasteiger partial charge on any atom is 0.349 e. The summed E-state index contributed by atoms with van der Waals surface area (Å²) in [5, 5.41) is 25.7. The van der Waals surface area contributed by atoms with E-state index < -0.39 is 0 Å². The van der Waals surface area contributed by atoms with Gasteiger partial charge >= 0.3 is 10.5 Å². The predicted molar refractivity (Wildman–Crippen MR) is 112 cm³/mol. The Morgan fingerprint density at radius 1 is 0.615 bits per heavy atom. The fraction of sp³-hybridized carbons (Fsp3) is 0.889. The van der Waals surface area contributed by atoms with E-state index >= 15 is 0 Å². The SMILES string of the molecule is OCCCCN(CCCCCCOC(O)=S)CCCCCCOC(O)=S. The Morgan fingerprint density at radius 2 is 1.00 bits per heavy atom. The summed E-state index contributed by atoms with van der Waals surface area (Å²) in [7, 11) is 0. The average Bonchev–Trinajstić information content (AvgIpc) is 2.59. The van der Waals surface area contributed by atoms with Crippen molar-refractivity contribution in [3.8, 4) is 0 Å². The van der Waals surface area contributed by atoms with Crippen molar-refractivity contribution in [1.82, 2.24) is 4.90 Å². The number of aliphatic hydroxyl groups is 3. The van der Waals surface area contributed by atoms with Crippen molar-refractivity contribution >= 4 is 34.9 Å². The molecular weight excluding hydrogens is 374 g/mol. The second-order valence-electron chi connectivity index (χ2n) is 6.33. The van der Waals surface area contributed by atoms with Gasteiger partial charge in [-0.3, -0.25) is 0 Å². The largest absolute Gasteiger partial charge is 0.472 e. The summed E-state index contributed by atoms with van der Waals surface area (Å²) in [4.78, 5) is 2.48. The molecule has 0 aromatic rings. The van der Waals surface area contributed by atoms with Crippen LogP contribution in [0.5, 0.6) is 0 Å². The van der Waals surface area contributed by atoms with Crippen molar-refractivity contribution < 1.29 is 24.8 Å². The number of unbranched alkanes of at least 4 members (excludes halogenated alkanes) is 7. The molecule has 0 spiro atoms. The van der Waals surface area contributed by atoms with Crippen LogP contribution in [0.25, 0.3) is 0 Å². The second kappa shape index (κ2) is 19.1. The highest BCUT2D eigenvalue weighted by atomic mass is 32.1. The molecule has 0 saturated heterocycles. The van der Waals surface area contributed by atoms with E-state index in [0.29, 0.717) is 13.2 Å². The highest BCUT2D eigenvalue weighted by molar-refractivity contribution is 7.79. The van der Waals surface area contributed by atoms with Gasteiger partial charge in [0.2, 0.25) is 0 Å². The molecule has 0 radical (unpaired) electrons. The van der Waals surface area contributed by atoms with Crippen LogP contribution in [0.4, 0.5) is 0 Å². The third-order valence-electron chi connectivity index (χ3n) is 4.07. The molecule has 26 heavy (non-hydrogen) atoms. The van der Waals surface area contributed by atoms with E-state index in [1.165, 1.54) is 0 Å². The van der Waals surface area contributed by atoms with Crippen LogP contribution in [0.3, 0.4) is 0 Å². The molecule has 0 aliphatic rings. The van der Waals surface area contributed by atoms with E-state index in [1.54, 1.807) is 0 Å². The minimum atomic E-state index is -0.370. The normalized spacial score (nSPS) is 10.8. The third-order valence-corrected chi connectivity index (χ3v) is 4.31.